The summed E-state index contributed by atoms with van der Waals surface area (Å²) in [5, 5.41) is 8.85. The lowest BCUT2D eigenvalue weighted by molar-refractivity contribution is -0.134. The highest BCUT2D eigenvalue weighted by molar-refractivity contribution is 5.76. The van der Waals surface area contributed by atoms with Crippen LogP contribution in [0, 0.1) is 0 Å². The molecule has 1 fully saturated rings. The predicted octanol–water partition coefficient (Wildman–Crippen LogP) is 1.96. The summed E-state index contributed by atoms with van der Waals surface area (Å²) in [4.78, 5) is 14.0. The molecule has 1 rings (SSSR count). The molecule has 0 bridgehead atoms. The van der Waals surface area contributed by atoms with Crippen LogP contribution >= 0.6 is 0 Å². The Morgan fingerprint density at radius 2 is 2.22 bits per heavy atom. The van der Waals surface area contributed by atoms with Gasteiger partial charge in [-0.25, -0.2) is 0 Å². The number of carbonyl (C=O) groups excluding carboxylic acids is 1. The highest BCUT2D eigenvalue weighted by Crippen LogP contribution is 2.18. The van der Waals surface area contributed by atoms with Crippen LogP contribution in [0.5, 0.6) is 0 Å². The maximum absolute atomic E-state index is 12.1. The van der Waals surface area contributed by atoms with Gasteiger partial charge in [-0.05, 0) is 46.0 Å². The van der Waals surface area contributed by atoms with Gasteiger partial charge in [-0.1, -0.05) is 0 Å². The molecule has 0 aromatic heterocycles. The standard InChI is InChI=1S/C14H27NO3/c1-12(2)15(9-5-10-16)14(17)8-7-13-6-3-4-11-18-13/h12-13,16H,3-11H2,1-2H3. The van der Waals surface area contributed by atoms with Gasteiger partial charge in [0, 0.05) is 32.2 Å². The van der Waals surface area contributed by atoms with E-state index in [1.807, 2.05) is 18.7 Å². The van der Waals surface area contributed by atoms with Crippen LogP contribution in [0.2, 0.25) is 0 Å². The van der Waals surface area contributed by atoms with Gasteiger partial charge < -0.3 is 14.7 Å². The van der Waals surface area contributed by atoms with Crippen LogP contribution in [0.4, 0.5) is 0 Å². The monoisotopic (exact) mass is 257 g/mol. The minimum absolute atomic E-state index is 0.141. The van der Waals surface area contributed by atoms with Crippen LogP contribution in [-0.2, 0) is 9.53 Å². The molecule has 1 saturated heterocycles. The first-order chi connectivity index (χ1) is 8.65. The van der Waals surface area contributed by atoms with Gasteiger partial charge >= 0.3 is 0 Å². The van der Waals surface area contributed by atoms with E-state index in [0.29, 0.717) is 19.4 Å². The normalized spacial score (nSPS) is 20.1. The van der Waals surface area contributed by atoms with Crippen molar-refractivity contribution in [1.82, 2.24) is 4.90 Å². The topological polar surface area (TPSA) is 49.8 Å². The van der Waals surface area contributed by atoms with Gasteiger partial charge in [0.05, 0.1) is 6.10 Å². The minimum Gasteiger partial charge on any atom is -0.396 e. The van der Waals surface area contributed by atoms with Crippen LogP contribution < -0.4 is 0 Å². The van der Waals surface area contributed by atoms with Crippen molar-refractivity contribution in [2.24, 2.45) is 0 Å². The summed E-state index contributed by atoms with van der Waals surface area (Å²) in [5.74, 6) is 0.188. The summed E-state index contributed by atoms with van der Waals surface area (Å²) < 4.78 is 5.64. The second kappa shape index (κ2) is 8.48. The van der Waals surface area contributed by atoms with Crippen LogP contribution in [0.15, 0.2) is 0 Å². The number of rotatable bonds is 7. The van der Waals surface area contributed by atoms with E-state index < -0.39 is 0 Å². The molecule has 1 atom stereocenters. The molecule has 0 saturated carbocycles. The van der Waals surface area contributed by atoms with Crippen molar-refractivity contribution in [2.75, 3.05) is 19.8 Å². The molecule has 4 nitrogen and oxygen atoms in total. The number of carbonyl (C=O) groups is 1. The Bertz CT molecular complexity index is 237. The van der Waals surface area contributed by atoms with Crippen molar-refractivity contribution in [1.29, 1.82) is 0 Å². The number of aliphatic hydroxyl groups excluding tert-OH is 1. The predicted molar refractivity (Wildman–Crippen MR) is 71.4 cm³/mol. The van der Waals surface area contributed by atoms with E-state index in [9.17, 15) is 4.79 Å². The fraction of sp³-hybridized carbons (Fsp3) is 0.929. The van der Waals surface area contributed by atoms with E-state index in [0.717, 1.165) is 25.9 Å². The Kier molecular flexibility index (Phi) is 7.28. The molecule has 0 spiro atoms. The summed E-state index contributed by atoms with van der Waals surface area (Å²) in [7, 11) is 0. The van der Waals surface area contributed by atoms with E-state index in [1.165, 1.54) is 6.42 Å². The molecule has 106 valence electrons. The van der Waals surface area contributed by atoms with Crippen LogP contribution in [0.1, 0.15) is 52.4 Å². The molecule has 0 aromatic carbocycles. The van der Waals surface area contributed by atoms with Gasteiger partial charge in [-0.3, -0.25) is 4.79 Å². The maximum atomic E-state index is 12.1. The summed E-state index contributed by atoms with van der Waals surface area (Å²) in [6, 6.07) is 0.205. The first-order valence-corrected chi connectivity index (χ1v) is 7.17. The zero-order valence-corrected chi connectivity index (χ0v) is 11.7. The molecule has 0 aromatic rings. The average molecular weight is 257 g/mol. The number of hydrogen-bond acceptors (Lipinski definition) is 3. The quantitative estimate of drug-likeness (QED) is 0.758. The number of nitrogens with zero attached hydrogens (tertiary/aromatic N) is 1. The Balaban J connectivity index is 2.31. The van der Waals surface area contributed by atoms with Crippen molar-refractivity contribution in [2.45, 2.75) is 64.5 Å². The Morgan fingerprint density at radius 1 is 1.44 bits per heavy atom. The van der Waals surface area contributed by atoms with Crippen LogP contribution in [-0.4, -0.2) is 47.8 Å². The van der Waals surface area contributed by atoms with Crippen molar-refractivity contribution in [3.8, 4) is 0 Å². The third-order valence-electron chi connectivity index (χ3n) is 3.45. The largest absolute Gasteiger partial charge is 0.396 e. The van der Waals surface area contributed by atoms with E-state index in [4.69, 9.17) is 9.84 Å². The van der Waals surface area contributed by atoms with Crippen molar-refractivity contribution < 1.29 is 14.6 Å². The summed E-state index contributed by atoms with van der Waals surface area (Å²) in [5.41, 5.74) is 0. The molecular formula is C14H27NO3. The fourth-order valence-electron chi connectivity index (χ4n) is 2.38. The minimum atomic E-state index is 0.141. The summed E-state index contributed by atoms with van der Waals surface area (Å²) >= 11 is 0. The summed E-state index contributed by atoms with van der Waals surface area (Å²) in [6.07, 6.45) is 5.79. The van der Waals surface area contributed by atoms with Crippen molar-refractivity contribution in [3.63, 3.8) is 0 Å². The lowest BCUT2D eigenvalue weighted by Crippen LogP contribution is -2.38. The molecule has 1 unspecified atom stereocenters. The van der Waals surface area contributed by atoms with Crippen LogP contribution in [0.25, 0.3) is 0 Å². The molecule has 1 aliphatic heterocycles. The van der Waals surface area contributed by atoms with Gasteiger partial charge in [-0.2, -0.15) is 0 Å². The molecule has 4 heteroatoms. The molecule has 1 N–H and O–H groups in total. The third-order valence-corrected chi connectivity index (χ3v) is 3.45. The second-order valence-corrected chi connectivity index (χ2v) is 5.29. The van der Waals surface area contributed by atoms with Crippen molar-refractivity contribution >= 4 is 5.91 Å². The Labute approximate surface area is 110 Å². The molecule has 18 heavy (non-hydrogen) atoms. The molecule has 1 aliphatic rings. The Hall–Kier alpha value is -0.610. The van der Waals surface area contributed by atoms with Gasteiger partial charge in [0.2, 0.25) is 5.91 Å². The molecule has 0 aliphatic carbocycles. The zero-order chi connectivity index (χ0) is 13.4. The van der Waals surface area contributed by atoms with Gasteiger partial charge in [0.15, 0.2) is 0 Å². The number of aliphatic hydroxyl groups is 1. The molecular weight excluding hydrogens is 230 g/mol. The van der Waals surface area contributed by atoms with Crippen LogP contribution in [0.3, 0.4) is 0 Å². The third kappa shape index (κ3) is 5.36. The lowest BCUT2D eigenvalue weighted by atomic mass is 10.0. The van der Waals surface area contributed by atoms with E-state index in [2.05, 4.69) is 0 Å². The molecule has 1 heterocycles. The SMILES string of the molecule is CC(C)N(CCCO)C(=O)CCC1CCCCO1. The number of hydrogen-bond donors (Lipinski definition) is 1. The fourth-order valence-corrected chi connectivity index (χ4v) is 2.38. The van der Waals surface area contributed by atoms with Gasteiger partial charge in [-0.15, -0.1) is 0 Å². The highest BCUT2D eigenvalue weighted by Gasteiger charge is 2.19. The molecule has 1 amide bonds. The van der Waals surface area contributed by atoms with E-state index >= 15 is 0 Å². The molecule has 0 radical (unpaired) electrons. The Morgan fingerprint density at radius 3 is 2.78 bits per heavy atom. The first-order valence-electron chi connectivity index (χ1n) is 7.17. The van der Waals surface area contributed by atoms with E-state index in [-0.39, 0.29) is 24.7 Å². The first kappa shape index (κ1) is 15.4. The lowest BCUT2D eigenvalue weighted by Gasteiger charge is -2.28. The summed E-state index contributed by atoms with van der Waals surface area (Å²) in [6.45, 7) is 5.68. The number of amides is 1. The van der Waals surface area contributed by atoms with Crippen molar-refractivity contribution in [3.05, 3.63) is 0 Å². The average Bonchev–Trinajstić information content (AvgIpc) is 2.37. The second-order valence-electron chi connectivity index (χ2n) is 5.29. The smallest absolute Gasteiger partial charge is 0.222 e. The maximum Gasteiger partial charge on any atom is 0.222 e. The number of ether oxygens (including phenoxy) is 1. The highest BCUT2D eigenvalue weighted by atomic mass is 16.5. The van der Waals surface area contributed by atoms with Gasteiger partial charge in [0.25, 0.3) is 0 Å². The van der Waals surface area contributed by atoms with Gasteiger partial charge in [0.1, 0.15) is 0 Å². The zero-order valence-electron chi connectivity index (χ0n) is 11.7. The van der Waals surface area contributed by atoms with E-state index in [1.54, 1.807) is 0 Å².